The van der Waals surface area contributed by atoms with Crippen molar-refractivity contribution in [2.75, 3.05) is 39.3 Å². The molecule has 0 spiro atoms. The number of carbonyl (C=O) groups is 2. The maximum absolute atomic E-state index is 12.6. The molecule has 1 rings (SSSR count). The van der Waals surface area contributed by atoms with Crippen molar-refractivity contribution >= 4 is 11.8 Å². The SMILES string of the molecule is CC(C)CN(CCCCC1NC(=O)C(CCCCN(CC(C)C)CC(C)C)NC1=O)CC(C)C. The number of carbonyl (C=O) groups excluding carboxylic acids is 2. The summed E-state index contributed by atoms with van der Waals surface area (Å²) >= 11 is 0. The summed E-state index contributed by atoms with van der Waals surface area (Å²) in [5.41, 5.74) is 0. The minimum Gasteiger partial charge on any atom is -0.343 e. The summed E-state index contributed by atoms with van der Waals surface area (Å²) in [6.07, 6.45) is 5.48. The van der Waals surface area contributed by atoms with E-state index in [0.717, 1.165) is 77.8 Å². The molecule has 2 amide bonds. The van der Waals surface area contributed by atoms with Gasteiger partial charge in [0, 0.05) is 26.2 Å². The van der Waals surface area contributed by atoms with Gasteiger partial charge in [0.1, 0.15) is 12.1 Å². The summed E-state index contributed by atoms with van der Waals surface area (Å²) in [6.45, 7) is 24.7. The van der Waals surface area contributed by atoms with Crippen LogP contribution >= 0.6 is 0 Å². The van der Waals surface area contributed by atoms with Crippen LogP contribution in [0.15, 0.2) is 0 Å². The Balaban J connectivity index is 2.34. The van der Waals surface area contributed by atoms with Crippen molar-refractivity contribution in [1.82, 2.24) is 20.4 Å². The summed E-state index contributed by atoms with van der Waals surface area (Å²) in [5, 5.41) is 5.99. The monoisotopic (exact) mass is 480 g/mol. The van der Waals surface area contributed by atoms with Crippen LogP contribution in [0.2, 0.25) is 0 Å². The van der Waals surface area contributed by atoms with Gasteiger partial charge in [-0.1, -0.05) is 55.4 Å². The zero-order valence-electron chi connectivity index (χ0n) is 23.7. The van der Waals surface area contributed by atoms with E-state index >= 15 is 0 Å². The normalized spacial score (nSPS) is 19.2. The number of nitrogens with one attached hydrogen (secondary N) is 2. The predicted octanol–water partition coefficient (Wildman–Crippen LogP) is 4.54. The Labute approximate surface area is 211 Å². The van der Waals surface area contributed by atoms with E-state index in [1.165, 1.54) is 0 Å². The van der Waals surface area contributed by atoms with E-state index in [2.05, 4.69) is 75.8 Å². The molecule has 6 heteroatoms. The van der Waals surface area contributed by atoms with Crippen LogP contribution in [0, 0.1) is 23.7 Å². The lowest BCUT2D eigenvalue weighted by Crippen LogP contribution is -2.61. The molecular formula is C28H56N4O2. The summed E-state index contributed by atoms with van der Waals surface area (Å²) in [5.74, 6) is 2.62. The third kappa shape index (κ3) is 13.7. The first kappa shape index (κ1) is 30.9. The van der Waals surface area contributed by atoms with Crippen molar-refractivity contribution in [3.63, 3.8) is 0 Å². The van der Waals surface area contributed by atoms with Crippen LogP contribution in [0.5, 0.6) is 0 Å². The number of unbranched alkanes of at least 4 members (excludes halogenated alkanes) is 2. The van der Waals surface area contributed by atoms with Crippen LogP contribution in [-0.2, 0) is 9.59 Å². The van der Waals surface area contributed by atoms with E-state index in [0.29, 0.717) is 23.7 Å². The van der Waals surface area contributed by atoms with Crippen LogP contribution in [0.3, 0.4) is 0 Å². The molecule has 0 aromatic heterocycles. The molecule has 2 N–H and O–H groups in total. The molecule has 1 heterocycles. The van der Waals surface area contributed by atoms with Gasteiger partial charge in [-0.2, -0.15) is 0 Å². The van der Waals surface area contributed by atoms with Crippen molar-refractivity contribution in [3.8, 4) is 0 Å². The van der Waals surface area contributed by atoms with Gasteiger partial charge in [-0.25, -0.2) is 0 Å². The molecule has 0 radical (unpaired) electrons. The molecule has 0 aromatic rings. The highest BCUT2D eigenvalue weighted by molar-refractivity contribution is 5.96. The van der Waals surface area contributed by atoms with Crippen molar-refractivity contribution in [1.29, 1.82) is 0 Å². The molecule has 2 unspecified atom stereocenters. The smallest absolute Gasteiger partial charge is 0.243 e. The Morgan fingerprint density at radius 2 is 0.853 bits per heavy atom. The standard InChI is InChI=1S/C28H56N4O2/c1-21(2)17-31(18-22(3)4)15-11-9-13-25-27(33)30-26(28(34)29-25)14-10-12-16-32(19-23(5)6)20-24(7)8/h21-26H,9-20H2,1-8H3,(H,29,34)(H,30,33). The Morgan fingerprint density at radius 3 is 1.12 bits per heavy atom. The van der Waals surface area contributed by atoms with Gasteiger partial charge in [0.2, 0.25) is 11.8 Å². The topological polar surface area (TPSA) is 64.7 Å². The molecule has 1 aliphatic heterocycles. The molecule has 0 aromatic carbocycles. The quantitative estimate of drug-likeness (QED) is 0.283. The third-order valence-corrected chi connectivity index (χ3v) is 6.19. The Hall–Kier alpha value is -1.14. The van der Waals surface area contributed by atoms with Crippen LogP contribution in [-0.4, -0.2) is 73.0 Å². The van der Waals surface area contributed by atoms with Crippen LogP contribution < -0.4 is 10.6 Å². The first-order valence-electron chi connectivity index (χ1n) is 14.0. The van der Waals surface area contributed by atoms with E-state index in [1.807, 2.05) is 0 Å². The van der Waals surface area contributed by atoms with E-state index in [-0.39, 0.29) is 23.9 Å². The Morgan fingerprint density at radius 1 is 0.559 bits per heavy atom. The molecule has 34 heavy (non-hydrogen) atoms. The Bertz CT molecular complexity index is 507. The second-order valence-electron chi connectivity index (χ2n) is 12.2. The molecule has 0 aliphatic carbocycles. The lowest BCUT2D eigenvalue weighted by atomic mass is 10.0. The number of hydrogen-bond donors (Lipinski definition) is 2. The second-order valence-corrected chi connectivity index (χ2v) is 12.2. The summed E-state index contributed by atoms with van der Waals surface area (Å²) in [4.78, 5) is 30.3. The fraction of sp³-hybridized carbons (Fsp3) is 0.929. The summed E-state index contributed by atoms with van der Waals surface area (Å²) < 4.78 is 0. The fourth-order valence-corrected chi connectivity index (χ4v) is 5.03. The molecule has 1 saturated heterocycles. The van der Waals surface area contributed by atoms with Gasteiger partial charge in [0.15, 0.2) is 0 Å². The summed E-state index contributed by atoms with van der Waals surface area (Å²) in [7, 11) is 0. The van der Waals surface area contributed by atoms with Gasteiger partial charge in [-0.05, 0) is 75.3 Å². The highest BCUT2D eigenvalue weighted by atomic mass is 16.2. The van der Waals surface area contributed by atoms with Crippen LogP contribution in [0.1, 0.15) is 93.9 Å². The van der Waals surface area contributed by atoms with Gasteiger partial charge < -0.3 is 20.4 Å². The number of hydrogen-bond acceptors (Lipinski definition) is 4. The van der Waals surface area contributed by atoms with Gasteiger partial charge >= 0.3 is 0 Å². The minimum absolute atomic E-state index is 0.00735. The van der Waals surface area contributed by atoms with Gasteiger partial charge in [-0.3, -0.25) is 9.59 Å². The maximum atomic E-state index is 12.6. The van der Waals surface area contributed by atoms with Gasteiger partial charge in [0.05, 0.1) is 0 Å². The van der Waals surface area contributed by atoms with E-state index in [9.17, 15) is 9.59 Å². The Kier molecular flexibility index (Phi) is 15.0. The van der Waals surface area contributed by atoms with Crippen LogP contribution in [0.4, 0.5) is 0 Å². The van der Waals surface area contributed by atoms with Crippen molar-refractivity contribution in [2.45, 2.75) is 106 Å². The van der Waals surface area contributed by atoms with E-state index in [4.69, 9.17) is 0 Å². The van der Waals surface area contributed by atoms with E-state index in [1.54, 1.807) is 0 Å². The number of nitrogens with zero attached hydrogens (tertiary/aromatic N) is 2. The average molecular weight is 481 g/mol. The lowest BCUT2D eigenvalue weighted by Gasteiger charge is -2.30. The molecule has 0 saturated carbocycles. The maximum Gasteiger partial charge on any atom is 0.243 e. The first-order valence-corrected chi connectivity index (χ1v) is 14.0. The fourth-order valence-electron chi connectivity index (χ4n) is 5.03. The van der Waals surface area contributed by atoms with Crippen molar-refractivity contribution in [2.24, 2.45) is 23.7 Å². The second kappa shape index (κ2) is 16.5. The predicted molar refractivity (Wildman–Crippen MR) is 144 cm³/mol. The summed E-state index contributed by atoms with van der Waals surface area (Å²) in [6, 6.07) is -0.750. The highest BCUT2D eigenvalue weighted by Gasteiger charge is 2.32. The van der Waals surface area contributed by atoms with Gasteiger partial charge in [-0.15, -0.1) is 0 Å². The molecule has 0 bridgehead atoms. The van der Waals surface area contributed by atoms with E-state index < -0.39 is 0 Å². The molecule has 6 nitrogen and oxygen atoms in total. The number of amides is 2. The first-order chi connectivity index (χ1) is 16.0. The average Bonchev–Trinajstić information content (AvgIpc) is 2.69. The lowest BCUT2D eigenvalue weighted by molar-refractivity contribution is -0.137. The zero-order valence-corrected chi connectivity index (χ0v) is 23.7. The third-order valence-electron chi connectivity index (χ3n) is 6.19. The minimum atomic E-state index is -0.375. The van der Waals surface area contributed by atoms with Crippen molar-refractivity contribution in [3.05, 3.63) is 0 Å². The molecule has 1 fully saturated rings. The van der Waals surface area contributed by atoms with Crippen LogP contribution in [0.25, 0.3) is 0 Å². The van der Waals surface area contributed by atoms with Crippen molar-refractivity contribution < 1.29 is 9.59 Å². The molecule has 1 aliphatic rings. The molecular weight excluding hydrogens is 424 g/mol. The molecule has 200 valence electrons. The molecule has 2 atom stereocenters. The largest absolute Gasteiger partial charge is 0.343 e. The van der Waals surface area contributed by atoms with Gasteiger partial charge in [0.25, 0.3) is 0 Å². The highest BCUT2D eigenvalue weighted by Crippen LogP contribution is 2.13. The zero-order chi connectivity index (χ0) is 25.7. The number of rotatable bonds is 18. The number of piperazine rings is 1.